The number of Topliss-reactive ketones (excluding diaryl/α,β-unsaturated/α-hetero) is 1. The molecule has 2 heterocycles. The lowest BCUT2D eigenvalue weighted by Gasteiger charge is -2.29. The number of ketones is 1. The number of hydrogen-bond acceptors (Lipinski definition) is 9. The minimum atomic E-state index is -1.37. The van der Waals surface area contributed by atoms with E-state index in [2.05, 4.69) is 31.6 Å². The molecule has 0 radical (unpaired) electrons. The lowest BCUT2D eigenvalue weighted by Crippen LogP contribution is -2.58. The van der Waals surface area contributed by atoms with E-state index >= 15 is 0 Å². The minimum Gasteiger partial charge on any atom is -0.508 e. The van der Waals surface area contributed by atoms with Crippen LogP contribution in [0, 0.1) is 0 Å². The summed E-state index contributed by atoms with van der Waals surface area (Å²) >= 11 is 0. The molecule has 0 aliphatic carbocycles. The first-order valence-corrected chi connectivity index (χ1v) is 17.7. The van der Waals surface area contributed by atoms with E-state index in [0.717, 1.165) is 0 Å². The van der Waals surface area contributed by atoms with Gasteiger partial charge in [-0.1, -0.05) is 48.5 Å². The van der Waals surface area contributed by atoms with Crippen LogP contribution in [0.15, 0.2) is 71.7 Å². The van der Waals surface area contributed by atoms with Crippen molar-refractivity contribution in [3.63, 3.8) is 0 Å². The number of carbonyl (C=O) groups is 7. The highest BCUT2D eigenvalue weighted by Crippen LogP contribution is 2.20. The number of aromatic hydroxyl groups is 1. The van der Waals surface area contributed by atoms with Gasteiger partial charge in [0, 0.05) is 39.1 Å². The van der Waals surface area contributed by atoms with E-state index in [4.69, 9.17) is 11.5 Å². The molecule has 5 atom stereocenters. The van der Waals surface area contributed by atoms with Gasteiger partial charge in [-0.15, -0.1) is 0 Å². The number of amides is 6. The van der Waals surface area contributed by atoms with Gasteiger partial charge in [0.1, 0.15) is 23.9 Å². The van der Waals surface area contributed by atoms with E-state index in [1.807, 2.05) is 0 Å². The van der Waals surface area contributed by atoms with Crippen molar-refractivity contribution in [2.75, 3.05) is 19.6 Å². The SMILES string of the molecule is CC(=O)NC1CNC(=O)C=CC(Cc2ccc(O)cc2)NC(=O)C(Cc2ccccc2)NC(=O)C(=O)C(CCCN=C(N)N)NC(=O)C2CCCN2C1=O. The van der Waals surface area contributed by atoms with Gasteiger partial charge in [0.05, 0.1) is 12.1 Å². The summed E-state index contributed by atoms with van der Waals surface area (Å²) < 4.78 is 0. The van der Waals surface area contributed by atoms with Crippen molar-refractivity contribution in [3.8, 4) is 5.75 Å². The van der Waals surface area contributed by atoms with Gasteiger partial charge in [-0.2, -0.15) is 0 Å². The molecule has 0 bridgehead atoms. The second-order valence-electron chi connectivity index (χ2n) is 13.1. The Balaban J connectivity index is 1.72. The standard InChI is InChI=1S/C37H47N9O8/c1-22(47)42-29-21-41-31(49)16-13-25(19-24-11-14-26(48)15-12-24)43-33(51)28(20-23-7-3-2-4-8-23)45-35(53)32(50)27(9-5-17-40-37(38)39)44-34(52)30-10-6-18-46(30)36(29)54/h2-4,7-8,11-16,25,27-30,48H,5-6,9-10,17-21H2,1H3,(H,41,49)(H,42,47)(H,43,51)(H,44,52)(H,45,53)(H4,38,39,40). The first-order chi connectivity index (χ1) is 25.8. The Labute approximate surface area is 312 Å². The molecule has 5 unspecified atom stereocenters. The first-order valence-electron chi connectivity index (χ1n) is 17.7. The number of rotatable bonds is 9. The topological polar surface area (TPSA) is 268 Å². The fourth-order valence-corrected chi connectivity index (χ4v) is 6.24. The Morgan fingerprint density at radius 2 is 1.61 bits per heavy atom. The maximum atomic E-state index is 14.0. The van der Waals surface area contributed by atoms with Crippen LogP contribution in [0.1, 0.15) is 43.7 Å². The molecule has 2 aliphatic heterocycles. The van der Waals surface area contributed by atoms with Gasteiger partial charge in [0.2, 0.25) is 35.3 Å². The van der Waals surface area contributed by atoms with Crippen molar-refractivity contribution >= 4 is 47.2 Å². The molecular formula is C37H47N9O8. The molecule has 1 fully saturated rings. The second kappa shape index (κ2) is 19.5. The molecule has 17 nitrogen and oxygen atoms in total. The van der Waals surface area contributed by atoms with Crippen LogP contribution in [0.4, 0.5) is 0 Å². The lowest BCUT2D eigenvalue weighted by molar-refractivity contribution is -0.144. The van der Waals surface area contributed by atoms with Crippen LogP contribution >= 0.6 is 0 Å². The third-order valence-electron chi connectivity index (χ3n) is 8.90. The zero-order valence-electron chi connectivity index (χ0n) is 30.0. The molecule has 0 saturated carbocycles. The van der Waals surface area contributed by atoms with Gasteiger partial charge < -0.3 is 48.1 Å². The maximum absolute atomic E-state index is 14.0. The van der Waals surface area contributed by atoms with Gasteiger partial charge >= 0.3 is 0 Å². The van der Waals surface area contributed by atoms with E-state index in [0.29, 0.717) is 17.5 Å². The smallest absolute Gasteiger partial charge is 0.290 e. The first kappa shape index (κ1) is 40.5. The number of carbonyl (C=O) groups excluding carboxylic acids is 7. The lowest BCUT2D eigenvalue weighted by atomic mass is 10.0. The summed E-state index contributed by atoms with van der Waals surface area (Å²) in [6.07, 6.45) is 3.57. The van der Waals surface area contributed by atoms with E-state index < -0.39 is 71.4 Å². The van der Waals surface area contributed by atoms with E-state index in [-0.39, 0.29) is 63.4 Å². The monoisotopic (exact) mass is 745 g/mol. The average molecular weight is 746 g/mol. The highest BCUT2D eigenvalue weighted by Gasteiger charge is 2.40. The molecule has 2 aliphatic rings. The summed E-state index contributed by atoms with van der Waals surface area (Å²) in [6, 6.07) is 9.29. The Morgan fingerprint density at radius 3 is 2.30 bits per heavy atom. The summed E-state index contributed by atoms with van der Waals surface area (Å²) in [4.78, 5) is 99.3. The molecule has 0 aromatic heterocycles. The van der Waals surface area contributed by atoms with Gasteiger partial charge in [0.25, 0.3) is 5.91 Å². The van der Waals surface area contributed by atoms with E-state index in [9.17, 15) is 38.7 Å². The number of benzene rings is 2. The predicted octanol–water partition coefficient (Wildman–Crippen LogP) is -1.56. The van der Waals surface area contributed by atoms with Crippen LogP contribution in [-0.4, -0.2) is 107 Å². The van der Waals surface area contributed by atoms with Crippen molar-refractivity contribution in [3.05, 3.63) is 77.9 Å². The van der Waals surface area contributed by atoms with Crippen molar-refractivity contribution in [1.82, 2.24) is 31.5 Å². The number of nitrogens with two attached hydrogens (primary N) is 2. The molecule has 288 valence electrons. The number of fused-ring (bicyclic) bond motifs is 1. The van der Waals surface area contributed by atoms with Crippen LogP contribution in [0.2, 0.25) is 0 Å². The second-order valence-corrected chi connectivity index (χ2v) is 13.1. The van der Waals surface area contributed by atoms with Gasteiger partial charge in [0.15, 0.2) is 5.96 Å². The van der Waals surface area contributed by atoms with Crippen molar-refractivity contribution in [2.24, 2.45) is 16.5 Å². The van der Waals surface area contributed by atoms with Crippen LogP contribution in [0.25, 0.3) is 0 Å². The Hall–Kier alpha value is -6.26. The number of phenols is 1. The summed E-state index contributed by atoms with van der Waals surface area (Å²) in [6.45, 7) is 1.16. The van der Waals surface area contributed by atoms with E-state index in [1.54, 1.807) is 42.5 Å². The van der Waals surface area contributed by atoms with Crippen molar-refractivity contribution in [2.45, 2.75) is 75.7 Å². The van der Waals surface area contributed by atoms with Gasteiger partial charge in [-0.3, -0.25) is 38.6 Å². The highest BCUT2D eigenvalue weighted by atomic mass is 16.3. The normalized spacial score (nSPS) is 23.1. The quantitative estimate of drug-likeness (QED) is 0.0633. The zero-order valence-corrected chi connectivity index (χ0v) is 30.0. The summed E-state index contributed by atoms with van der Waals surface area (Å²) in [5.41, 5.74) is 12.2. The number of guanidine groups is 1. The van der Waals surface area contributed by atoms with Gasteiger partial charge in [-0.25, -0.2) is 0 Å². The summed E-state index contributed by atoms with van der Waals surface area (Å²) in [5, 5.41) is 22.9. The average Bonchev–Trinajstić information content (AvgIpc) is 3.64. The molecule has 54 heavy (non-hydrogen) atoms. The molecule has 0 spiro atoms. The molecule has 10 N–H and O–H groups in total. The van der Waals surface area contributed by atoms with E-state index in [1.165, 1.54) is 36.1 Å². The minimum absolute atomic E-state index is 0.00692. The number of nitrogens with one attached hydrogen (secondary N) is 5. The number of hydrogen-bond donors (Lipinski definition) is 8. The maximum Gasteiger partial charge on any atom is 0.290 e. The summed E-state index contributed by atoms with van der Waals surface area (Å²) in [7, 11) is 0. The molecule has 4 rings (SSSR count). The van der Waals surface area contributed by atoms with Crippen molar-refractivity contribution in [1.29, 1.82) is 0 Å². The summed E-state index contributed by atoms with van der Waals surface area (Å²) in [5.74, 6) is -5.49. The Kier molecular flexibility index (Phi) is 14.7. The predicted molar refractivity (Wildman–Crippen MR) is 197 cm³/mol. The third kappa shape index (κ3) is 12.2. The van der Waals surface area contributed by atoms with Crippen molar-refractivity contribution < 1.29 is 38.7 Å². The Morgan fingerprint density at radius 1 is 0.907 bits per heavy atom. The van der Waals surface area contributed by atoms with Crippen LogP contribution in [0.3, 0.4) is 0 Å². The zero-order chi connectivity index (χ0) is 39.2. The molecule has 1 saturated heterocycles. The molecular weight excluding hydrogens is 698 g/mol. The van der Waals surface area contributed by atoms with Crippen LogP contribution in [-0.2, 0) is 46.4 Å². The number of aliphatic imine (C=N–C) groups is 1. The molecule has 2 aromatic rings. The molecule has 17 heteroatoms. The third-order valence-corrected chi connectivity index (χ3v) is 8.90. The largest absolute Gasteiger partial charge is 0.508 e. The fourth-order valence-electron chi connectivity index (χ4n) is 6.24. The highest BCUT2D eigenvalue weighted by molar-refractivity contribution is 6.38. The molecule has 6 amide bonds. The van der Waals surface area contributed by atoms with Crippen LogP contribution in [0.5, 0.6) is 5.75 Å². The van der Waals surface area contributed by atoms with Crippen LogP contribution < -0.4 is 38.1 Å². The van der Waals surface area contributed by atoms with Gasteiger partial charge in [-0.05, 0) is 55.4 Å². The molecule has 2 aromatic carbocycles. The fraction of sp³-hybridized carbons (Fsp3) is 0.405. The Bertz CT molecular complexity index is 1750. The number of phenolic OH excluding ortho intramolecular Hbond substituents is 1. The number of nitrogens with zero attached hydrogens (tertiary/aromatic N) is 2.